The van der Waals surface area contributed by atoms with Gasteiger partial charge in [0.15, 0.2) is 0 Å². The highest BCUT2D eigenvalue weighted by Crippen LogP contribution is 2.27. The van der Waals surface area contributed by atoms with Gasteiger partial charge in [0.2, 0.25) is 17.5 Å². The molecule has 312 valence electrons. The zero-order valence-electron chi connectivity index (χ0n) is 33.7. The van der Waals surface area contributed by atoms with E-state index in [-0.39, 0.29) is 13.5 Å². The van der Waals surface area contributed by atoms with Crippen molar-refractivity contribution in [3.63, 3.8) is 0 Å². The highest BCUT2D eigenvalue weighted by Gasteiger charge is 2.21. The Bertz CT molecular complexity index is 2480. The van der Waals surface area contributed by atoms with E-state index in [1.54, 1.807) is 29.9 Å². The monoisotopic (exact) mass is 845 g/mol. The Kier molecular flexibility index (Phi) is 14.3. The minimum Gasteiger partial charge on any atom is -0.361 e. The van der Waals surface area contributed by atoms with Crippen LogP contribution in [0, 0.1) is 68.6 Å². The second kappa shape index (κ2) is 18.3. The topological polar surface area (TPSA) is 212 Å². The fourth-order valence-electron chi connectivity index (χ4n) is 5.47. The summed E-state index contributed by atoms with van der Waals surface area (Å²) in [6.45, 7) is 20.6. The summed E-state index contributed by atoms with van der Waals surface area (Å²) in [5, 5.41) is 32.0. The van der Waals surface area contributed by atoms with E-state index in [4.69, 9.17) is 9.47 Å². The number of aromatic amines is 1. The molecule has 0 aliphatic carbocycles. The number of hydrogen-bond acceptors (Lipinski definition) is 11. The number of H-pyrrole nitrogens is 1. The minimum atomic E-state index is -1.17. The predicted molar refractivity (Wildman–Crippen MR) is 218 cm³/mol. The molecule has 3 aromatic heterocycles. The zero-order chi connectivity index (χ0) is 43.3. The molecule has 0 spiro atoms. The molecule has 22 heteroatoms. The van der Waals surface area contributed by atoms with Gasteiger partial charge in [0, 0.05) is 65.8 Å². The fraction of sp³-hybridized carbons (Fsp3) is 0.417. The molecule has 0 fully saturated rings. The van der Waals surface area contributed by atoms with Crippen LogP contribution in [0.2, 0.25) is 51.4 Å². The number of aromatic nitrogens is 6. The van der Waals surface area contributed by atoms with Gasteiger partial charge in [0.05, 0.1) is 47.9 Å². The Balaban J connectivity index is 0.000000197. The van der Waals surface area contributed by atoms with Gasteiger partial charge in [-0.15, -0.1) is 0 Å². The predicted octanol–water partition coefficient (Wildman–Crippen LogP) is 9.33. The lowest BCUT2D eigenvalue weighted by molar-refractivity contribution is -0.387. The molecule has 0 atom stereocenters. The van der Waals surface area contributed by atoms with Crippen LogP contribution in [-0.4, -0.2) is 73.2 Å². The van der Waals surface area contributed by atoms with Crippen molar-refractivity contribution in [2.45, 2.75) is 85.6 Å². The van der Waals surface area contributed by atoms with Crippen LogP contribution >= 0.6 is 0 Å². The van der Waals surface area contributed by atoms with E-state index in [1.165, 1.54) is 6.07 Å². The molecule has 0 saturated heterocycles. The second-order valence-corrected chi connectivity index (χ2v) is 27.1. The van der Waals surface area contributed by atoms with E-state index in [1.807, 2.05) is 0 Å². The Morgan fingerprint density at radius 1 is 0.603 bits per heavy atom. The van der Waals surface area contributed by atoms with Gasteiger partial charge in [-0.2, -0.15) is 13.2 Å². The van der Waals surface area contributed by atoms with Crippen molar-refractivity contribution in [2.24, 2.45) is 0 Å². The summed E-state index contributed by atoms with van der Waals surface area (Å²) in [6.07, 6.45) is 0. The van der Waals surface area contributed by atoms with Gasteiger partial charge in [-0.05, 0) is 32.9 Å². The van der Waals surface area contributed by atoms with E-state index in [0.29, 0.717) is 63.8 Å². The average molecular weight is 846 g/mol. The Hall–Kier alpha value is -5.59. The fourth-order valence-corrected chi connectivity index (χ4v) is 6.99. The molecule has 0 unspecified atom stereocenters. The number of hydrogen-bond donors (Lipinski definition) is 1. The molecule has 0 amide bonds. The van der Waals surface area contributed by atoms with Crippen LogP contribution in [0.1, 0.15) is 17.5 Å². The number of rotatable bonds is 13. The van der Waals surface area contributed by atoms with E-state index in [9.17, 15) is 43.5 Å². The van der Waals surface area contributed by atoms with Crippen LogP contribution in [0.3, 0.4) is 0 Å². The number of aryl methyl sites for hydroxylation is 3. The molecule has 0 bridgehead atoms. The smallest absolute Gasteiger partial charge is 0.307 e. The maximum absolute atomic E-state index is 13.8. The van der Waals surface area contributed by atoms with E-state index in [0.717, 1.165) is 42.4 Å². The number of benzene rings is 3. The van der Waals surface area contributed by atoms with Crippen molar-refractivity contribution in [3.05, 3.63) is 102 Å². The Labute approximate surface area is 332 Å². The maximum atomic E-state index is 13.8. The summed E-state index contributed by atoms with van der Waals surface area (Å²) < 4.78 is 55.3. The van der Waals surface area contributed by atoms with Crippen LogP contribution < -0.4 is 0 Å². The molecule has 0 saturated carbocycles. The first-order valence-electron chi connectivity index (χ1n) is 18.0. The largest absolute Gasteiger partial charge is 0.361 e. The standard InChI is InChI=1S/2C14H20FN3O3Si.C8H6FN3O2/c1-10-16-12-8-13(18(19)20)11(15)7-14(12)17(10)9-21-5-6-22(2,3)4;1-10-16-12-7-11(15)13(18(19)20)8-14(12)17(10)9-21-5-6-22(2,3)4;1-4-10-6-2-5(9)8(12(13)14)3-7(6)11-4/h2*7-8H,5-6,9H2,1-4H3;2-3H,1H3,(H,10,11). The normalized spacial score (nSPS) is 11.7. The van der Waals surface area contributed by atoms with Gasteiger partial charge < -0.3 is 23.6 Å². The van der Waals surface area contributed by atoms with Crippen molar-refractivity contribution < 1.29 is 37.4 Å². The van der Waals surface area contributed by atoms with E-state index < -0.39 is 65.4 Å². The van der Waals surface area contributed by atoms with Crippen LogP contribution in [0.4, 0.5) is 30.2 Å². The van der Waals surface area contributed by atoms with Crippen LogP contribution in [-0.2, 0) is 22.9 Å². The highest BCUT2D eigenvalue weighted by atomic mass is 28.3. The summed E-state index contributed by atoms with van der Waals surface area (Å²) in [7, 11) is -2.33. The van der Waals surface area contributed by atoms with Gasteiger partial charge in [-0.3, -0.25) is 30.3 Å². The van der Waals surface area contributed by atoms with Gasteiger partial charge >= 0.3 is 17.1 Å². The van der Waals surface area contributed by atoms with E-state index in [2.05, 4.69) is 59.2 Å². The third kappa shape index (κ3) is 11.7. The lowest BCUT2D eigenvalue weighted by Gasteiger charge is -2.16. The van der Waals surface area contributed by atoms with E-state index >= 15 is 0 Å². The first-order chi connectivity index (χ1) is 27.0. The number of imidazole rings is 3. The Morgan fingerprint density at radius 2 is 1.00 bits per heavy atom. The number of ether oxygens (including phenoxy) is 2. The molecule has 0 aliphatic heterocycles. The first-order valence-corrected chi connectivity index (χ1v) is 25.4. The average Bonchev–Trinajstić information content (AvgIpc) is 3.72. The quantitative estimate of drug-likeness (QED) is 0.0500. The maximum Gasteiger partial charge on any atom is 0.307 e. The van der Waals surface area contributed by atoms with Crippen LogP contribution in [0.15, 0.2) is 36.4 Å². The lowest BCUT2D eigenvalue weighted by Crippen LogP contribution is -2.22. The number of nitrogens with zero attached hydrogens (tertiary/aromatic N) is 8. The third-order valence-electron chi connectivity index (χ3n) is 8.71. The molecule has 3 heterocycles. The molecular formula is C36H46F3N9O8Si2. The number of nitro groups is 3. The van der Waals surface area contributed by atoms with Crippen LogP contribution in [0.25, 0.3) is 33.1 Å². The van der Waals surface area contributed by atoms with Gasteiger partial charge in [0.25, 0.3) is 0 Å². The molecule has 6 rings (SSSR count). The summed E-state index contributed by atoms with van der Waals surface area (Å²) in [5.74, 6) is -0.720. The molecule has 0 radical (unpaired) electrons. The molecule has 3 aromatic carbocycles. The summed E-state index contributed by atoms with van der Waals surface area (Å²) >= 11 is 0. The molecule has 58 heavy (non-hydrogen) atoms. The van der Waals surface area contributed by atoms with Crippen LogP contribution in [0.5, 0.6) is 0 Å². The Morgan fingerprint density at radius 3 is 1.47 bits per heavy atom. The van der Waals surface area contributed by atoms with Crippen molar-refractivity contribution in [2.75, 3.05) is 13.2 Å². The van der Waals surface area contributed by atoms with Crippen molar-refractivity contribution >= 4 is 66.3 Å². The summed E-state index contributed by atoms with van der Waals surface area (Å²) in [4.78, 5) is 45.0. The minimum absolute atomic E-state index is 0.260. The number of nitro benzene ring substituents is 3. The highest BCUT2D eigenvalue weighted by molar-refractivity contribution is 6.76. The molecule has 1 N–H and O–H groups in total. The summed E-state index contributed by atoms with van der Waals surface area (Å²) in [5.41, 5.74) is 1.04. The SMILES string of the molecule is Cc1nc2cc(F)c([N+](=O)[O-])cc2[nH]1.Cc1nc2cc(F)c([N+](=O)[O-])cc2n1COCC[Si](C)(C)C.Cc1nc2cc([N+](=O)[O-])c(F)cc2n1COCC[Si](C)(C)C. The summed E-state index contributed by atoms with van der Waals surface area (Å²) in [6, 6.07) is 8.89. The number of fused-ring (bicyclic) bond motifs is 3. The molecule has 0 aliphatic rings. The van der Waals surface area contributed by atoms with Gasteiger partial charge in [-0.25, -0.2) is 15.0 Å². The number of halogens is 3. The lowest BCUT2D eigenvalue weighted by atomic mass is 10.2. The molecule has 17 nitrogen and oxygen atoms in total. The van der Waals surface area contributed by atoms with Crippen molar-refractivity contribution in [1.29, 1.82) is 0 Å². The van der Waals surface area contributed by atoms with Crippen molar-refractivity contribution in [1.82, 2.24) is 29.1 Å². The molecular weight excluding hydrogens is 800 g/mol. The zero-order valence-corrected chi connectivity index (χ0v) is 35.7. The first kappa shape index (κ1) is 45.1. The van der Waals surface area contributed by atoms with Gasteiger partial charge in [0.1, 0.15) is 30.9 Å². The second-order valence-electron chi connectivity index (χ2n) is 15.9. The van der Waals surface area contributed by atoms with Gasteiger partial charge in [-0.1, -0.05) is 39.3 Å². The number of nitrogens with one attached hydrogen (secondary N) is 1. The third-order valence-corrected chi connectivity index (χ3v) is 12.1. The van der Waals surface area contributed by atoms with Crippen molar-refractivity contribution in [3.8, 4) is 0 Å². The molecule has 6 aromatic rings.